The molecule has 0 aliphatic rings. The summed E-state index contributed by atoms with van der Waals surface area (Å²) in [6.45, 7) is -0.0706. The van der Waals surface area contributed by atoms with Gasteiger partial charge in [0.1, 0.15) is 5.69 Å². The predicted molar refractivity (Wildman–Crippen MR) is 98.6 cm³/mol. The third-order valence-corrected chi connectivity index (χ3v) is 5.49. The van der Waals surface area contributed by atoms with Crippen molar-refractivity contribution in [2.24, 2.45) is 7.05 Å². The fraction of sp³-hybridized carbons (Fsp3) is 0.211. The Hall–Kier alpha value is -2.81. The van der Waals surface area contributed by atoms with E-state index in [0.717, 1.165) is 18.4 Å². The van der Waals surface area contributed by atoms with Crippen LogP contribution in [0.3, 0.4) is 0 Å². The average molecular weight is 410 g/mol. The largest absolute Gasteiger partial charge is 0.416 e. The molecule has 0 fully saturated rings. The molecule has 28 heavy (non-hydrogen) atoms. The number of amides is 1. The molecule has 0 saturated heterocycles. The quantitative estimate of drug-likeness (QED) is 0.716. The molecule has 1 N–H and O–H groups in total. The fourth-order valence-corrected chi connectivity index (χ4v) is 3.56. The molecule has 0 atom stereocenters. The molecule has 9 heteroatoms. The Bertz CT molecular complexity index is 1160. The zero-order chi connectivity index (χ0) is 20.7. The highest BCUT2D eigenvalue weighted by Gasteiger charge is 2.30. The van der Waals surface area contributed by atoms with Crippen LogP contribution in [0, 0.1) is 0 Å². The number of hydrogen-bond donors (Lipinski definition) is 1. The van der Waals surface area contributed by atoms with Gasteiger partial charge in [-0.15, -0.1) is 0 Å². The summed E-state index contributed by atoms with van der Waals surface area (Å²) in [5, 5.41) is 3.17. The second-order valence-electron chi connectivity index (χ2n) is 6.46. The van der Waals surface area contributed by atoms with E-state index in [1.165, 1.54) is 24.3 Å². The smallest absolute Gasteiger partial charge is 0.347 e. The van der Waals surface area contributed by atoms with Crippen LogP contribution in [-0.4, -0.2) is 25.1 Å². The van der Waals surface area contributed by atoms with Crippen molar-refractivity contribution >= 4 is 26.6 Å². The van der Waals surface area contributed by atoms with Gasteiger partial charge in [-0.1, -0.05) is 12.1 Å². The molecule has 5 nitrogen and oxygen atoms in total. The number of benzene rings is 2. The molecule has 1 amide bonds. The number of fused-ring (bicyclic) bond motifs is 1. The maximum Gasteiger partial charge on any atom is 0.416 e. The molecule has 2 aromatic carbocycles. The molecule has 0 spiro atoms. The summed E-state index contributed by atoms with van der Waals surface area (Å²) >= 11 is 0. The lowest BCUT2D eigenvalue weighted by molar-refractivity contribution is -0.137. The summed E-state index contributed by atoms with van der Waals surface area (Å²) in [5.41, 5.74) is 0.475. The van der Waals surface area contributed by atoms with E-state index in [1.54, 1.807) is 23.7 Å². The van der Waals surface area contributed by atoms with Crippen molar-refractivity contribution in [1.82, 2.24) is 9.88 Å². The fourth-order valence-electron chi connectivity index (χ4n) is 2.91. The van der Waals surface area contributed by atoms with Crippen LogP contribution in [0.4, 0.5) is 13.2 Å². The van der Waals surface area contributed by atoms with E-state index in [2.05, 4.69) is 5.32 Å². The Morgan fingerprint density at radius 2 is 1.82 bits per heavy atom. The monoisotopic (exact) mass is 410 g/mol. The minimum absolute atomic E-state index is 0.0706. The number of carbonyl (C=O) groups is 1. The first-order valence-corrected chi connectivity index (χ1v) is 10.1. The van der Waals surface area contributed by atoms with E-state index in [0.29, 0.717) is 16.5 Å². The van der Waals surface area contributed by atoms with Gasteiger partial charge in [-0.3, -0.25) is 4.79 Å². The van der Waals surface area contributed by atoms with E-state index >= 15 is 0 Å². The Morgan fingerprint density at radius 1 is 1.11 bits per heavy atom. The van der Waals surface area contributed by atoms with Crippen LogP contribution in [0.5, 0.6) is 0 Å². The van der Waals surface area contributed by atoms with Crippen LogP contribution < -0.4 is 5.32 Å². The van der Waals surface area contributed by atoms with Gasteiger partial charge in [0.2, 0.25) is 0 Å². The molecule has 1 aromatic heterocycles. The molecule has 0 unspecified atom stereocenters. The number of carbonyl (C=O) groups excluding carboxylic acids is 1. The summed E-state index contributed by atoms with van der Waals surface area (Å²) in [4.78, 5) is 12.6. The zero-order valence-corrected chi connectivity index (χ0v) is 15.9. The molecule has 148 valence electrons. The first-order chi connectivity index (χ1) is 13.0. The number of alkyl halides is 3. The van der Waals surface area contributed by atoms with E-state index < -0.39 is 27.5 Å². The SMILES string of the molecule is Cn1c(C(=O)NCc2cccc(C(F)(F)F)c2)cc2cc(S(C)(=O)=O)ccc21. The molecule has 0 saturated carbocycles. The van der Waals surface area contributed by atoms with Crippen LogP contribution >= 0.6 is 0 Å². The van der Waals surface area contributed by atoms with Gasteiger partial charge in [0.05, 0.1) is 10.5 Å². The van der Waals surface area contributed by atoms with Crippen molar-refractivity contribution in [3.8, 4) is 0 Å². The molecule has 0 bridgehead atoms. The minimum Gasteiger partial charge on any atom is -0.347 e. The normalized spacial score (nSPS) is 12.3. The highest BCUT2D eigenvalue weighted by Crippen LogP contribution is 2.29. The second-order valence-corrected chi connectivity index (χ2v) is 8.48. The topological polar surface area (TPSA) is 68.2 Å². The zero-order valence-electron chi connectivity index (χ0n) is 15.0. The van der Waals surface area contributed by atoms with Gasteiger partial charge in [0.25, 0.3) is 5.91 Å². The molecular formula is C19H17F3N2O3S. The van der Waals surface area contributed by atoms with Crippen molar-refractivity contribution in [2.45, 2.75) is 17.6 Å². The number of nitrogens with zero attached hydrogens (tertiary/aromatic N) is 1. The van der Waals surface area contributed by atoms with Crippen LogP contribution in [0.1, 0.15) is 21.6 Å². The number of hydrogen-bond acceptors (Lipinski definition) is 3. The summed E-state index contributed by atoms with van der Waals surface area (Å²) < 4.78 is 63.3. The Balaban J connectivity index is 1.83. The van der Waals surface area contributed by atoms with Gasteiger partial charge in [0.15, 0.2) is 9.84 Å². The van der Waals surface area contributed by atoms with E-state index in [1.807, 2.05) is 0 Å². The Morgan fingerprint density at radius 3 is 2.46 bits per heavy atom. The van der Waals surface area contributed by atoms with Crippen molar-refractivity contribution in [1.29, 1.82) is 0 Å². The lowest BCUT2D eigenvalue weighted by Crippen LogP contribution is -2.25. The number of halogens is 3. The lowest BCUT2D eigenvalue weighted by Gasteiger charge is -2.10. The van der Waals surface area contributed by atoms with Crippen LogP contribution in [-0.2, 0) is 29.6 Å². The molecule has 3 aromatic rings. The third-order valence-electron chi connectivity index (χ3n) is 4.38. The first kappa shape index (κ1) is 19.9. The van der Waals surface area contributed by atoms with E-state index in [4.69, 9.17) is 0 Å². The highest BCUT2D eigenvalue weighted by atomic mass is 32.2. The van der Waals surface area contributed by atoms with Gasteiger partial charge in [-0.2, -0.15) is 13.2 Å². The van der Waals surface area contributed by atoms with Crippen LogP contribution in [0.2, 0.25) is 0 Å². The maximum atomic E-state index is 12.8. The molecule has 1 heterocycles. The predicted octanol–water partition coefficient (Wildman–Crippen LogP) is 3.53. The summed E-state index contributed by atoms with van der Waals surface area (Å²) in [7, 11) is -1.73. The number of aromatic nitrogens is 1. The van der Waals surface area contributed by atoms with Gasteiger partial charge >= 0.3 is 6.18 Å². The summed E-state index contributed by atoms with van der Waals surface area (Å²) in [6, 6.07) is 10.8. The number of nitrogens with one attached hydrogen (secondary N) is 1. The first-order valence-electron chi connectivity index (χ1n) is 8.21. The number of aryl methyl sites for hydroxylation is 1. The lowest BCUT2D eigenvalue weighted by atomic mass is 10.1. The van der Waals surface area contributed by atoms with Gasteiger partial charge in [-0.05, 0) is 42.0 Å². The molecule has 3 rings (SSSR count). The van der Waals surface area contributed by atoms with Gasteiger partial charge in [0, 0.05) is 30.8 Å². The average Bonchev–Trinajstić information content (AvgIpc) is 2.95. The van der Waals surface area contributed by atoms with Crippen molar-refractivity contribution < 1.29 is 26.4 Å². The van der Waals surface area contributed by atoms with Crippen LogP contribution in [0.15, 0.2) is 53.4 Å². The van der Waals surface area contributed by atoms with Crippen LogP contribution in [0.25, 0.3) is 10.9 Å². The van der Waals surface area contributed by atoms with Crippen molar-refractivity contribution in [3.63, 3.8) is 0 Å². The molecular weight excluding hydrogens is 393 g/mol. The van der Waals surface area contributed by atoms with Crippen molar-refractivity contribution in [3.05, 3.63) is 65.4 Å². The second kappa shape index (κ2) is 6.97. The molecule has 0 aliphatic carbocycles. The van der Waals surface area contributed by atoms with E-state index in [-0.39, 0.29) is 17.1 Å². The standard InChI is InChI=1S/C19H17F3N2O3S/c1-24-16-7-6-15(28(2,26)27)9-13(16)10-17(24)18(25)23-11-12-4-3-5-14(8-12)19(20,21)22/h3-10H,11H2,1-2H3,(H,23,25). The summed E-state index contributed by atoms with van der Waals surface area (Å²) in [6.07, 6.45) is -3.35. The highest BCUT2D eigenvalue weighted by molar-refractivity contribution is 7.90. The van der Waals surface area contributed by atoms with Gasteiger partial charge < -0.3 is 9.88 Å². The molecule has 0 aliphatic heterocycles. The maximum absolute atomic E-state index is 12.8. The van der Waals surface area contributed by atoms with Gasteiger partial charge in [-0.25, -0.2) is 8.42 Å². The minimum atomic E-state index is -4.45. The van der Waals surface area contributed by atoms with E-state index in [9.17, 15) is 26.4 Å². The molecule has 0 radical (unpaired) electrons. The Kier molecular flexibility index (Phi) is 4.97. The number of sulfone groups is 1. The Labute approximate surface area is 159 Å². The summed E-state index contributed by atoms with van der Waals surface area (Å²) in [5.74, 6) is -0.475. The van der Waals surface area contributed by atoms with Crippen molar-refractivity contribution in [2.75, 3.05) is 6.26 Å². The number of rotatable bonds is 4. The third kappa shape index (κ3) is 4.04.